The first-order valence-corrected chi connectivity index (χ1v) is 9.09. The molecule has 3 rings (SSSR count). The molecule has 4 N–H and O–H groups in total. The SMILES string of the molecule is CCn1c(N)nc2cc(C(=O)N(C)CC3CC(C(C)(C)C)NN3)cnc21. The number of pyridine rings is 1. The molecule has 3 heterocycles. The van der Waals surface area contributed by atoms with Gasteiger partial charge in [-0.15, -0.1) is 0 Å². The lowest BCUT2D eigenvalue weighted by Gasteiger charge is -2.26. The van der Waals surface area contributed by atoms with E-state index in [-0.39, 0.29) is 17.4 Å². The second kappa shape index (κ2) is 6.85. The van der Waals surface area contributed by atoms with E-state index < -0.39 is 0 Å². The number of fused-ring (bicyclic) bond motifs is 1. The van der Waals surface area contributed by atoms with Crippen molar-refractivity contribution in [2.24, 2.45) is 5.41 Å². The molecule has 2 unspecified atom stereocenters. The zero-order valence-corrected chi connectivity index (χ0v) is 16.2. The summed E-state index contributed by atoms with van der Waals surface area (Å²) in [5.74, 6) is 0.354. The highest BCUT2D eigenvalue weighted by molar-refractivity contribution is 5.96. The number of aryl methyl sites for hydroxylation is 1. The Labute approximate surface area is 154 Å². The molecule has 1 aliphatic heterocycles. The van der Waals surface area contributed by atoms with Crippen LogP contribution >= 0.6 is 0 Å². The number of likely N-dealkylation sites (N-methyl/N-ethyl adjacent to an activating group) is 1. The topological polar surface area (TPSA) is 101 Å². The molecule has 1 amide bonds. The molecule has 0 radical (unpaired) electrons. The largest absolute Gasteiger partial charge is 0.369 e. The van der Waals surface area contributed by atoms with Crippen molar-refractivity contribution in [2.75, 3.05) is 19.3 Å². The summed E-state index contributed by atoms with van der Waals surface area (Å²) >= 11 is 0. The van der Waals surface area contributed by atoms with Gasteiger partial charge in [0, 0.05) is 38.4 Å². The van der Waals surface area contributed by atoms with Gasteiger partial charge in [-0.25, -0.2) is 9.97 Å². The van der Waals surface area contributed by atoms with Gasteiger partial charge in [-0.2, -0.15) is 0 Å². The number of nitrogen functional groups attached to an aromatic ring is 1. The summed E-state index contributed by atoms with van der Waals surface area (Å²) in [6.45, 7) is 9.95. The minimum Gasteiger partial charge on any atom is -0.369 e. The molecule has 26 heavy (non-hydrogen) atoms. The van der Waals surface area contributed by atoms with Gasteiger partial charge in [-0.3, -0.25) is 20.2 Å². The average molecular weight is 359 g/mol. The lowest BCUT2D eigenvalue weighted by Crippen LogP contribution is -2.42. The van der Waals surface area contributed by atoms with Gasteiger partial charge < -0.3 is 10.6 Å². The molecule has 1 aliphatic rings. The van der Waals surface area contributed by atoms with Crippen molar-refractivity contribution in [3.05, 3.63) is 17.8 Å². The zero-order valence-electron chi connectivity index (χ0n) is 16.2. The maximum absolute atomic E-state index is 12.8. The number of nitrogens with two attached hydrogens (primary N) is 1. The molecule has 0 aliphatic carbocycles. The van der Waals surface area contributed by atoms with Crippen LogP contribution in [0.15, 0.2) is 12.3 Å². The Bertz CT molecular complexity index is 808. The summed E-state index contributed by atoms with van der Waals surface area (Å²) in [5, 5.41) is 0. The molecule has 2 aromatic heterocycles. The minimum absolute atomic E-state index is 0.0648. The van der Waals surface area contributed by atoms with Crippen molar-refractivity contribution in [1.29, 1.82) is 0 Å². The second-order valence-corrected chi connectivity index (χ2v) is 8.11. The number of nitrogens with one attached hydrogen (secondary N) is 2. The van der Waals surface area contributed by atoms with E-state index in [2.05, 4.69) is 41.6 Å². The second-order valence-electron chi connectivity index (χ2n) is 8.11. The van der Waals surface area contributed by atoms with E-state index >= 15 is 0 Å². The normalized spacial score (nSPS) is 20.7. The number of aromatic nitrogens is 3. The number of amides is 1. The van der Waals surface area contributed by atoms with Crippen molar-refractivity contribution in [2.45, 2.75) is 52.7 Å². The first-order valence-electron chi connectivity index (χ1n) is 9.09. The number of anilines is 1. The van der Waals surface area contributed by atoms with Crippen molar-refractivity contribution in [1.82, 2.24) is 30.3 Å². The Kier molecular flexibility index (Phi) is 4.90. The van der Waals surface area contributed by atoms with E-state index in [0.717, 1.165) is 6.42 Å². The van der Waals surface area contributed by atoms with Crippen LogP contribution < -0.4 is 16.6 Å². The third-order valence-electron chi connectivity index (χ3n) is 5.05. The van der Waals surface area contributed by atoms with Crippen molar-refractivity contribution >= 4 is 23.0 Å². The minimum atomic E-state index is -0.0648. The van der Waals surface area contributed by atoms with Gasteiger partial charge in [0.1, 0.15) is 5.52 Å². The number of carbonyl (C=O) groups excluding carboxylic acids is 1. The number of imidazole rings is 1. The fourth-order valence-corrected chi connectivity index (χ4v) is 3.40. The Morgan fingerprint density at radius 3 is 2.77 bits per heavy atom. The summed E-state index contributed by atoms with van der Waals surface area (Å²) in [4.78, 5) is 23.2. The van der Waals surface area contributed by atoms with Crippen LogP contribution in [0.3, 0.4) is 0 Å². The van der Waals surface area contributed by atoms with E-state index in [1.807, 2.05) is 18.5 Å². The quantitative estimate of drug-likeness (QED) is 0.762. The Hall–Kier alpha value is -2.19. The summed E-state index contributed by atoms with van der Waals surface area (Å²) in [6.07, 6.45) is 2.59. The van der Waals surface area contributed by atoms with Crippen LogP contribution in [0.4, 0.5) is 5.95 Å². The Morgan fingerprint density at radius 1 is 1.42 bits per heavy atom. The van der Waals surface area contributed by atoms with E-state index in [0.29, 0.717) is 41.8 Å². The van der Waals surface area contributed by atoms with E-state index in [9.17, 15) is 4.79 Å². The molecule has 0 spiro atoms. The molecule has 0 aromatic carbocycles. The number of rotatable bonds is 4. The number of carbonyl (C=O) groups is 1. The van der Waals surface area contributed by atoms with Crippen LogP contribution in [0.2, 0.25) is 0 Å². The summed E-state index contributed by atoms with van der Waals surface area (Å²) < 4.78 is 1.83. The monoisotopic (exact) mass is 359 g/mol. The van der Waals surface area contributed by atoms with Gasteiger partial charge in [0.25, 0.3) is 5.91 Å². The standard InChI is InChI=1S/C18H29N7O/c1-6-25-15-13(21-17(25)19)7-11(9-20-15)16(26)24(5)10-12-8-14(23-22-12)18(2,3)4/h7,9,12,14,22-23H,6,8,10H2,1-5H3,(H2,19,21). The predicted octanol–water partition coefficient (Wildman–Crippen LogP) is 1.39. The molecular formula is C18H29N7O. The third-order valence-corrected chi connectivity index (χ3v) is 5.05. The van der Waals surface area contributed by atoms with E-state index in [1.54, 1.807) is 17.2 Å². The first kappa shape index (κ1) is 18.6. The lowest BCUT2D eigenvalue weighted by atomic mass is 9.84. The number of hydrogen-bond donors (Lipinski definition) is 3. The molecule has 8 nitrogen and oxygen atoms in total. The highest BCUT2D eigenvalue weighted by atomic mass is 16.2. The van der Waals surface area contributed by atoms with Gasteiger partial charge in [0.15, 0.2) is 5.65 Å². The molecule has 0 saturated carbocycles. The number of hydrazine groups is 1. The Balaban J connectivity index is 1.70. The van der Waals surface area contributed by atoms with Crippen molar-refractivity contribution in [3.8, 4) is 0 Å². The summed E-state index contributed by atoms with van der Waals surface area (Å²) in [5.41, 5.74) is 14.6. The average Bonchev–Trinajstić information content (AvgIpc) is 3.16. The molecule has 1 saturated heterocycles. The van der Waals surface area contributed by atoms with E-state index in [4.69, 9.17) is 5.73 Å². The first-order chi connectivity index (χ1) is 12.2. The third kappa shape index (κ3) is 3.52. The van der Waals surface area contributed by atoms with Crippen molar-refractivity contribution in [3.63, 3.8) is 0 Å². The molecule has 1 fully saturated rings. The van der Waals surface area contributed by atoms with Crippen LogP contribution in [0.5, 0.6) is 0 Å². The lowest BCUT2D eigenvalue weighted by molar-refractivity contribution is 0.0782. The Morgan fingerprint density at radius 2 is 2.15 bits per heavy atom. The fourth-order valence-electron chi connectivity index (χ4n) is 3.40. The molecule has 8 heteroatoms. The van der Waals surface area contributed by atoms with Crippen molar-refractivity contribution < 1.29 is 4.79 Å². The summed E-state index contributed by atoms with van der Waals surface area (Å²) in [6, 6.07) is 2.37. The highest BCUT2D eigenvalue weighted by Crippen LogP contribution is 2.25. The van der Waals surface area contributed by atoms with Gasteiger partial charge in [-0.05, 0) is 24.8 Å². The number of hydrogen-bond acceptors (Lipinski definition) is 6. The van der Waals surface area contributed by atoms with Crippen LogP contribution in [-0.2, 0) is 6.54 Å². The van der Waals surface area contributed by atoms with Gasteiger partial charge in [0.05, 0.1) is 5.56 Å². The van der Waals surface area contributed by atoms with Crippen LogP contribution in [0.25, 0.3) is 11.2 Å². The summed E-state index contributed by atoms with van der Waals surface area (Å²) in [7, 11) is 1.82. The number of nitrogens with zero attached hydrogens (tertiary/aromatic N) is 4. The van der Waals surface area contributed by atoms with Gasteiger partial charge >= 0.3 is 0 Å². The zero-order chi connectivity index (χ0) is 19.1. The highest BCUT2D eigenvalue weighted by Gasteiger charge is 2.33. The maximum Gasteiger partial charge on any atom is 0.255 e. The fraction of sp³-hybridized carbons (Fsp3) is 0.611. The predicted molar refractivity (Wildman–Crippen MR) is 102 cm³/mol. The van der Waals surface area contributed by atoms with Gasteiger partial charge in [-0.1, -0.05) is 20.8 Å². The molecule has 2 aromatic rings. The maximum atomic E-state index is 12.8. The molecule has 2 atom stereocenters. The molecular weight excluding hydrogens is 330 g/mol. The van der Waals surface area contributed by atoms with Crippen LogP contribution in [0, 0.1) is 5.41 Å². The van der Waals surface area contributed by atoms with Crippen LogP contribution in [-0.4, -0.2) is 51.0 Å². The molecule has 142 valence electrons. The molecule has 0 bridgehead atoms. The van der Waals surface area contributed by atoms with E-state index in [1.165, 1.54) is 0 Å². The smallest absolute Gasteiger partial charge is 0.255 e. The van der Waals surface area contributed by atoms with Gasteiger partial charge in [0.2, 0.25) is 5.95 Å². The van der Waals surface area contributed by atoms with Crippen LogP contribution in [0.1, 0.15) is 44.5 Å².